The maximum absolute atomic E-state index is 11.9. The quantitative estimate of drug-likeness (QED) is 0.640. The third-order valence-corrected chi connectivity index (χ3v) is 3.91. The Hall–Kier alpha value is -1.32. The maximum Gasteiger partial charge on any atom is 0.271 e. The second kappa shape index (κ2) is 8.08. The lowest BCUT2D eigenvalue weighted by Gasteiger charge is -2.03. The Morgan fingerprint density at radius 2 is 1.95 bits per heavy atom. The lowest BCUT2D eigenvalue weighted by Crippen LogP contribution is -2.24. The van der Waals surface area contributed by atoms with Gasteiger partial charge in [0.2, 0.25) is 0 Å². The lowest BCUT2D eigenvalue weighted by molar-refractivity contribution is 0.0948. The van der Waals surface area contributed by atoms with Gasteiger partial charge in [0.25, 0.3) is 5.91 Å². The molecule has 1 fully saturated rings. The van der Waals surface area contributed by atoms with E-state index < -0.39 is 0 Å². The third-order valence-electron chi connectivity index (χ3n) is 3.91. The summed E-state index contributed by atoms with van der Waals surface area (Å²) in [7, 11) is 0. The van der Waals surface area contributed by atoms with Crippen molar-refractivity contribution in [1.29, 1.82) is 0 Å². The van der Waals surface area contributed by atoms with E-state index >= 15 is 0 Å². The molecule has 1 amide bonds. The number of aromatic nitrogens is 2. The van der Waals surface area contributed by atoms with Crippen LogP contribution in [0.15, 0.2) is 6.07 Å². The second-order valence-electron chi connectivity index (χ2n) is 5.86. The topological polar surface area (TPSA) is 57.8 Å². The zero-order valence-electron chi connectivity index (χ0n) is 12.6. The minimum Gasteiger partial charge on any atom is -0.351 e. The van der Waals surface area contributed by atoms with E-state index in [2.05, 4.69) is 22.4 Å². The molecule has 1 aromatic rings. The van der Waals surface area contributed by atoms with Crippen LogP contribution in [0.2, 0.25) is 0 Å². The number of carbonyl (C=O) groups is 1. The largest absolute Gasteiger partial charge is 0.351 e. The zero-order chi connectivity index (χ0) is 14.2. The van der Waals surface area contributed by atoms with E-state index in [1.54, 1.807) is 0 Å². The van der Waals surface area contributed by atoms with Crippen molar-refractivity contribution in [3.8, 4) is 0 Å². The monoisotopic (exact) mass is 277 g/mol. The summed E-state index contributed by atoms with van der Waals surface area (Å²) < 4.78 is 0. The van der Waals surface area contributed by atoms with Gasteiger partial charge in [-0.3, -0.25) is 9.89 Å². The fourth-order valence-electron chi connectivity index (χ4n) is 2.43. The van der Waals surface area contributed by atoms with Gasteiger partial charge in [-0.2, -0.15) is 5.10 Å². The minimum atomic E-state index is -0.0425. The molecular weight excluding hydrogens is 250 g/mol. The van der Waals surface area contributed by atoms with Gasteiger partial charge in [0.15, 0.2) is 0 Å². The molecule has 0 saturated heterocycles. The number of carbonyl (C=O) groups excluding carboxylic acids is 1. The van der Waals surface area contributed by atoms with Crippen LogP contribution < -0.4 is 5.32 Å². The molecular formula is C16H27N3O. The van der Waals surface area contributed by atoms with Gasteiger partial charge >= 0.3 is 0 Å². The number of aromatic amines is 1. The average molecular weight is 277 g/mol. The number of nitrogens with one attached hydrogen (secondary N) is 2. The molecule has 112 valence electrons. The first-order chi connectivity index (χ1) is 9.81. The van der Waals surface area contributed by atoms with E-state index in [9.17, 15) is 4.79 Å². The van der Waals surface area contributed by atoms with Crippen LogP contribution in [-0.2, 0) is 0 Å². The fourth-order valence-corrected chi connectivity index (χ4v) is 2.43. The molecule has 0 spiro atoms. The van der Waals surface area contributed by atoms with Crippen LogP contribution in [0.1, 0.15) is 86.8 Å². The normalized spacial score (nSPS) is 14.4. The van der Waals surface area contributed by atoms with E-state index in [-0.39, 0.29) is 5.91 Å². The van der Waals surface area contributed by atoms with Crippen molar-refractivity contribution in [2.75, 3.05) is 6.54 Å². The van der Waals surface area contributed by atoms with Gasteiger partial charge in [-0.25, -0.2) is 0 Å². The van der Waals surface area contributed by atoms with E-state index in [0.717, 1.165) is 18.7 Å². The van der Waals surface area contributed by atoms with Crippen molar-refractivity contribution < 1.29 is 4.79 Å². The Kier molecular flexibility index (Phi) is 6.09. The molecule has 0 radical (unpaired) electrons. The van der Waals surface area contributed by atoms with Gasteiger partial charge in [-0.15, -0.1) is 0 Å². The molecule has 1 saturated carbocycles. The van der Waals surface area contributed by atoms with Crippen molar-refractivity contribution in [2.24, 2.45) is 0 Å². The smallest absolute Gasteiger partial charge is 0.271 e. The molecule has 1 heterocycles. The van der Waals surface area contributed by atoms with Crippen LogP contribution >= 0.6 is 0 Å². The number of hydrogen-bond acceptors (Lipinski definition) is 2. The lowest BCUT2D eigenvalue weighted by atomic mass is 10.1. The van der Waals surface area contributed by atoms with E-state index in [0.29, 0.717) is 11.6 Å². The van der Waals surface area contributed by atoms with Crippen molar-refractivity contribution in [3.63, 3.8) is 0 Å². The van der Waals surface area contributed by atoms with Crippen LogP contribution in [0.25, 0.3) is 0 Å². The SMILES string of the molecule is CCCCCCCCCNC(=O)c1cc(C2CC2)[nH]n1. The highest BCUT2D eigenvalue weighted by molar-refractivity contribution is 5.92. The maximum atomic E-state index is 11.9. The molecule has 1 aliphatic carbocycles. The Morgan fingerprint density at radius 1 is 1.25 bits per heavy atom. The first kappa shape index (κ1) is 15.1. The van der Waals surface area contributed by atoms with E-state index in [4.69, 9.17) is 0 Å². The summed E-state index contributed by atoms with van der Waals surface area (Å²) >= 11 is 0. The second-order valence-corrected chi connectivity index (χ2v) is 5.86. The third kappa shape index (κ3) is 4.99. The number of H-pyrrole nitrogens is 1. The molecule has 4 nitrogen and oxygen atoms in total. The molecule has 20 heavy (non-hydrogen) atoms. The molecule has 0 bridgehead atoms. The number of rotatable bonds is 10. The first-order valence-electron chi connectivity index (χ1n) is 8.14. The van der Waals surface area contributed by atoms with Crippen LogP contribution in [0.5, 0.6) is 0 Å². The number of amides is 1. The van der Waals surface area contributed by atoms with Gasteiger partial charge in [0, 0.05) is 18.2 Å². The van der Waals surface area contributed by atoms with Crippen LogP contribution in [0.3, 0.4) is 0 Å². The van der Waals surface area contributed by atoms with Crippen molar-refractivity contribution in [1.82, 2.24) is 15.5 Å². The van der Waals surface area contributed by atoms with Gasteiger partial charge in [-0.1, -0.05) is 45.4 Å². The highest BCUT2D eigenvalue weighted by atomic mass is 16.1. The van der Waals surface area contributed by atoms with Gasteiger partial charge in [-0.05, 0) is 25.3 Å². The Labute approximate surface area is 121 Å². The zero-order valence-corrected chi connectivity index (χ0v) is 12.6. The molecule has 1 aromatic heterocycles. The van der Waals surface area contributed by atoms with Gasteiger partial charge in [0.1, 0.15) is 5.69 Å². The average Bonchev–Trinajstić information content (AvgIpc) is 3.19. The van der Waals surface area contributed by atoms with Crippen molar-refractivity contribution in [2.45, 2.75) is 70.6 Å². The standard InChI is InChI=1S/C16H27N3O/c1-2-3-4-5-6-7-8-11-17-16(20)15-12-14(18-19-15)13-9-10-13/h12-13H,2-11H2,1H3,(H,17,20)(H,18,19). The number of hydrogen-bond donors (Lipinski definition) is 2. The summed E-state index contributed by atoms with van der Waals surface area (Å²) in [5.41, 5.74) is 1.65. The molecule has 2 N–H and O–H groups in total. The number of unbranched alkanes of at least 4 members (excludes halogenated alkanes) is 6. The van der Waals surface area contributed by atoms with E-state index in [1.807, 2.05) is 6.07 Å². The summed E-state index contributed by atoms with van der Waals surface area (Å²) in [6.45, 7) is 3.00. The Bertz CT molecular complexity index is 410. The fraction of sp³-hybridized carbons (Fsp3) is 0.750. The predicted molar refractivity (Wildman–Crippen MR) is 80.9 cm³/mol. The molecule has 0 unspecified atom stereocenters. The molecule has 0 aromatic carbocycles. The van der Waals surface area contributed by atoms with Crippen molar-refractivity contribution in [3.05, 3.63) is 17.5 Å². The van der Waals surface area contributed by atoms with Crippen LogP contribution in [-0.4, -0.2) is 22.6 Å². The van der Waals surface area contributed by atoms with Crippen molar-refractivity contribution >= 4 is 5.91 Å². The molecule has 1 aliphatic rings. The first-order valence-corrected chi connectivity index (χ1v) is 8.14. The summed E-state index contributed by atoms with van der Waals surface area (Å²) in [5, 5.41) is 10.0. The number of nitrogens with zero attached hydrogens (tertiary/aromatic N) is 1. The van der Waals surface area contributed by atoms with Crippen LogP contribution in [0, 0.1) is 0 Å². The summed E-state index contributed by atoms with van der Waals surface area (Å²) in [5.74, 6) is 0.575. The molecule has 0 aliphatic heterocycles. The Morgan fingerprint density at radius 3 is 2.65 bits per heavy atom. The van der Waals surface area contributed by atoms with Gasteiger partial charge in [0.05, 0.1) is 0 Å². The highest BCUT2D eigenvalue weighted by Gasteiger charge is 2.26. The summed E-state index contributed by atoms with van der Waals surface area (Å²) in [4.78, 5) is 11.9. The Balaban J connectivity index is 1.53. The van der Waals surface area contributed by atoms with Crippen LogP contribution in [0.4, 0.5) is 0 Å². The van der Waals surface area contributed by atoms with Gasteiger partial charge < -0.3 is 5.32 Å². The minimum absolute atomic E-state index is 0.0425. The van der Waals surface area contributed by atoms with E-state index in [1.165, 1.54) is 51.4 Å². The highest BCUT2D eigenvalue weighted by Crippen LogP contribution is 2.38. The predicted octanol–water partition coefficient (Wildman–Crippen LogP) is 3.77. The molecule has 0 atom stereocenters. The molecule has 4 heteroatoms. The summed E-state index contributed by atoms with van der Waals surface area (Å²) in [6, 6.07) is 1.90. The summed E-state index contributed by atoms with van der Waals surface area (Å²) in [6.07, 6.45) is 11.3. The molecule has 2 rings (SSSR count).